The first-order chi connectivity index (χ1) is 17.6. The van der Waals surface area contributed by atoms with E-state index >= 15 is 0 Å². The molecular weight excluding hydrogens is 499 g/mol. The van der Waals surface area contributed by atoms with E-state index in [1.165, 1.54) is 18.5 Å². The van der Waals surface area contributed by atoms with E-state index in [0.717, 1.165) is 41.3 Å². The minimum absolute atomic E-state index is 0.0298. The molecule has 1 amide bonds. The van der Waals surface area contributed by atoms with Gasteiger partial charge in [0.15, 0.2) is 11.5 Å². The van der Waals surface area contributed by atoms with Crippen LogP contribution in [0.5, 0.6) is 0 Å². The third-order valence-corrected chi connectivity index (χ3v) is 7.86. The van der Waals surface area contributed by atoms with Crippen molar-refractivity contribution >= 4 is 23.5 Å². The maximum absolute atomic E-state index is 14.2. The molecule has 2 aromatic rings. The fourth-order valence-electron chi connectivity index (χ4n) is 6.52. The van der Waals surface area contributed by atoms with Crippen molar-refractivity contribution in [1.29, 1.82) is 0 Å². The highest BCUT2D eigenvalue weighted by Gasteiger charge is 2.51. The Labute approximate surface area is 207 Å². The maximum Gasteiger partial charge on any atom is 0.407 e. The maximum atomic E-state index is 14.2. The van der Waals surface area contributed by atoms with Gasteiger partial charge in [0.25, 0.3) is 5.91 Å². The van der Waals surface area contributed by atoms with Gasteiger partial charge in [-0.25, -0.2) is 13.8 Å². The van der Waals surface area contributed by atoms with E-state index < -0.39 is 36.3 Å². The van der Waals surface area contributed by atoms with Crippen LogP contribution >= 0.6 is 0 Å². The molecule has 0 aromatic carbocycles. The molecule has 6 aliphatic heterocycles. The third kappa shape index (κ3) is 3.65. The van der Waals surface area contributed by atoms with E-state index in [-0.39, 0.29) is 52.9 Å². The summed E-state index contributed by atoms with van der Waals surface area (Å²) in [4.78, 5) is 23.7. The summed E-state index contributed by atoms with van der Waals surface area (Å²) in [6, 6.07) is -0.210. The van der Waals surface area contributed by atoms with Crippen LogP contribution in [-0.2, 0) is 9.53 Å². The Morgan fingerprint density at radius 2 is 1.81 bits per heavy atom. The number of nitrogens with zero attached hydrogens (tertiary/aromatic N) is 6. The molecule has 13 heteroatoms. The number of imidazole rings is 1. The number of piperidine rings is 2. The summed E-state index contributed by atoms with van der Waals surface area (Å²) in [6.07, 6.45) is 3.79. The van der Waals surface area contributed by atoms with Crippen LogP contribution in [0.1, 0.15) is 31.4 Å². The second kappa shape index (κ2) is 7.83. The van der Waals surface area contributed by atoms with Gasteiger partial charge in [0.1, 0.15) is 18.1 Å². The number of ether oxygens (including phenoxy) is 1. The lowest BCUT2D eigenvalue weighted by Gasteiger charge is -2.56. The number of hydrazone groups is 1. The van der Waals surface area contributed by atoms with Gasteiger partial charge in [-0.3, -0.25) is 19.2 Å². The van der Waals surface area contributed by atoms with Crippen LogP contribution in [0.2, 0.25) is 0 Å². The predicted molar refractivity (Wildman–Crippen MR) is 120 cm³/mol. The van der Waals surface area contributed by atoms with Crippen molar-refractivity contribution in [2.45, 2.75) is 62.2 Å². The number of carbonyl (C=O) groups excluding carboxylic acids is 1. The average molecular weight is 520 g/mol. The number of halogens is 5. The number of pyridine rings is 1. The first-order valence-corrected chi connectivity index (χ1v) is 12.1. The van der Waals surface area contributed by atoms with Crippen LogP contribution in [0.25, 0.3) is 5.65 Å². The highest BCUT2D eigenvalue weighted by molar-refractivity contribution is 6.12. The molecule has 8 heterocycles. The lowest BCUT2D eigenvalue weighted by Crippen LogP contribution is -2.64. The molecule has 0 radical (unpaired) electrons. The number of hydrogen-bond donors (Lipinski definition) is 0. The highest BCUT2D eigenvalue weighted by atomic mass is 19.4. The van der Waals surface area contributed by atoms with Gasteiger partial charge in [-0.05, 0) is 31.8 Å². The quantitative estimate of drug-likeness (QED) is 0.584. The summed E-state index contributed by atoms with van der Waals surface area (Å²) >= 11 is 0. The summed E-state index contributed by atoms with van der Waals surface area (Å²) in [5, 5.41) is 5.05. The van der Waals surface area contributed by atoms with Gasteiger partial charge in [0.2, 0.25) is 0 Å². The first kappa shape index (κ1) is 22.8. The second-order valence-corrected chi connectivity index (χ2v) is 10.2. The van der Waals surface area contributed by atoms with Crippen LogP contribution in [0.3, 0.4) is 0 Å². The van der Waals surface area contributed by atoms with Crippen molar-refractivity contribution in [2.24, 2.45) is 16.0 Å². The summed E-state index contributed by atoms with van der Waals surface area (Å²) in [5.41, 5.74) is 0.175. The Morgan fingerprint density at radius 1 is 1.11 bits per heavy atom. The molecule has 4 saturated heterocycles. The summed E-state index contributed by atoms with van der Waals surface area (Å²) in [7, 11) is 0. The van der Waals surface area contributed by atoms with Gasteiger partial charge >= 0.3 is 6.18 Å². The van der Waals surface area contributed by atoms with Crippen molar-refractivity contribution < 1.29 is 31.5 Å². The molecule has 2 unspecified atom stereocenters. The smallest absolute Gasteiger partial charge is 0.375 e. The topological polar surface area (TPSA) is 74.8 Å². The third-order valence-electron chi connectivity index (χ3n) is 7.86. The predicted octanol–water partition coefficient (Wildman–Crippen LogP) is 3.07. The van der Waals surface area contributed by atoms with Gasteiger partial charge in [0, 0.05) is 30.6 Å². The number of hydrogen-bond acceptors (Lipinski definition) is 6. The number of rotatable bonds is 3. The zero-order valence-corrected chi connectivity index (χ0v) is 19.3. The minimum atomic E-state index is -4.57. The number of alkyl halides is 3. The van der Waals surface area contributed by atoms with Gasteiger partial charge in [-0.1, -0.05) is 0 Å². The normalized spacial score (nSPS) is 32.2. The van der Waals surface area contributed by atoms with E-state index in [4.69, 9.17) is 4.74 Å². The lowest BCUT2D eigenvalue weighted by molar-refractivity contribution is -0.187. The summed E-state index contributed by atoms with van der Waals surface area (Å²) < 4.78 is 75.6. The summed E-state index contributed by atoms with van der Waals surface area (Å²) in [6.45, 7) is -1.36. The molecule has 4 fully saturated rings. The first-order valence-electron chi connectivity index (χ1n) is 12.1. The minimum Gasteiger partial charge on any atom is -0.375 e. The van der Waals surface area contributed by atoms with E-state index in [9.17, 15) is 26.7 Å². The molecule has 0 spiro atoms. The highest BCUT2D eigenvalue weighted by Crippen LogP contribution is 2.43. The largest absolute Gasteiger partial charge is 0.407 e. The van der Waals surface area contributed by atoms with E-state index in [0.29, 0.717) is 6.07 Å². The zero-order valence-electron chi connectivity index (χ0n) is 19.3. The van der Waals surface area contributed by atoms with E-state index in [1.54, 1.807) is 0 Å². The van der Waals surface area contributed by atoms with Crippen molar-refractivity contribution in [3.63, 3.8) is 0 Å². The number of aromatic nitrogens is 2. The molecule has 4 bridgehead atoms. The number of amides is 1. The van der Waals surface area contributed by atoms with E-state index in [1.807, 2.05) is 4.90 Å². The number of carbonyl (C=O) groups is 1. The number of fused-ring (bicyclic) bond motifs is 2. The molecule has 2 aromatic heterocycles. The Hall–Kier alpha value is -3.35. The van der Waals surface area contributed by atoms with Crippen LogP contribution in [0.15, 0.2) is 40.3 Å². The fourth-order valence-corrected chi connectivity index (χ4v) is 6.52. The van der Waals surface area contributed by atoms with Crippen LogP contribution in [0.4, 0.5) is 22.0 Å². The Morgan fingerprint density at radius 3 is 2.49 bits per heavy atom. The summed E-state index contributed by atoms with van der Waals surface area (Å²) in [5.74, 6) is -2.85. The van der Waals surface area contributed by atoms with E-state index in [2.05, 4.69) is 15.1 Å². The van der Waals surface area contributed by atoms with Gasteiger partial charge < -0.3 is 9.64 Å². The molecule has 194 valence electrons. The SMILES string of the molecule is O=C(C1=CC2C(C=N1)C(c1cnc3c(F)cc(F)cn13)=NN2CC(F)(F)F)N1C2CC3CC1CC(C2)O3. The molecule has 2 atom stereocenters. The van der Waals surface area contributed by atoms with Gasteiger partial charge in [0.05, 0.1) is 41.8 Å². The second-order valence-electron chi connectivity index (χ2n) is 10.2. The molecule has 0 aliphatic carbocycles. The average Bonchev–Trinajstić information content (AvgIpc) is 3.38. The Bertz CT molecular complexity index is 1370. The molecule has 8 nitrogen and oxygen atoms in total. The van der Waals surface area contributed by atoms with Crippen LogP contribution in [0, 0.1) is 17.6 Å². The molecule has 6 aliphatic rings. The molecular formula is C24H21F5N6O2. The van der Waals surface area contributed by atoms with Crippen LogP contribution < -0.4 is 0 Å². The number of aliphatic imine (C=N–C) groups is 1. The lowest BCUT2D eigenvalue weighted by atomic mass is 9.78. The Balaban J connectivity index is 1.23. The zero-order chi connectivity index (χ0) is 25.6. The van der Waals surface area contributed by atoms with Gasteiger partial charge in [-0.15, -0.1) is 0 Å². The van der Waals surface area contributed by atoms with Gasteiger partial charge in [-0.2, -0.15) is 18.3 Å². The van der Waals surface area contributed by atoms with Crippen molar-refractivity contribution in [1.82, 2.24) is 19.3 Å². The molecule has 0 N–H and O–H groups in total. The Kier molecular flexibility index (Phi) is 4.83. The molecule has 8 rings (SSSR count). The van der Waals surface area contributed by atoms with Crippen LogP contribution in [-0.4, -0.2) is 80.2 Å². The van der Waals surface area contributed by atoms with Crippen molar-refractivity contribution in [3.8, 4) is 0 Å². The molecule has 37 heavy (non-hydrogen) atoms. The molecule has 0 saturated carbocycles. The standard InChI is InChI=1S/C24H21F5N6O2/c25-11-1-17(26)22-31-8-20(33(22)9-11)21-16-7-30-18(6-19(16)34(32-21)10-24(27,28)29)23(36)35-12-2-14-4-13(35)5-15(3-12)37-14/h1,6-9,12-16,19H,2-5,10H2. The van der Waals surface area contributed by atoms with Crippen molar-refractivity contribution in [3.05, 3.63) is 47.6 Å². The monoisotopic (exact) mass is 520 g/mol. The van der Waals surface area contributed by atoms with Crippen molar-refractivity contribution in [2.75, 3.05) is 6.54 Å². The fraction of sp³-hybridized carbons (Fsp3) is 0.500.